The molecule has 0 saturated carbocycles. The van der Waals surface area contributed by atoms with Gasteiger partial charge in [0.25, 0.3) is 0 Å². The second-order valence-electron chi connectivity index (χ2n) is 7.95. The van der Waals surface area contributed by atoms with Crippen molar-refractivity contribution in [3.63, 3.8) is 0 Å². The van der Waals surface area contributed by atoms with E-state index in [1.807, 2.05) is 35.2 Å². The molecule has 0 unspecified atom stereocenters. The normalized spacial score (nSPS) is 27.3. The zero-order valence-corrected chi connectivity index (χ0v) is 15.4. The fourth-order valence-corrected chi connectivity index (χ4v) is 4.79. The monoisotopic (exact) mass is 356 g/mol. The number of amides is 2. The zero-order valence-electron chi connectivity index (χ0n) is 15.4. The molecule has 0 radical (unpaired) electrons. The second-order valence-corrected chi connectivity index (χ2v) is 7.95. The first kappa shape index (κ1) is 17.5. The molecule has 0 aromatic heterocycles. The molecule has 0 bridgehead atoms. The predicted molar refractivity (Wildman–Crippen MR) is 98.6 cm³/mol. The van der Waals surface area contributed by atoms with Crippen molar-refractivity contribution in [2.45, 2.75) is 44.6 Å². The van der Waals surface area contributed by atoms with E-state index in [2.05, 4.69) is 4.90 Å². The Morgan fingerprint density at radius 2 is 1.88 bits per heavy atom. The van der Waals surface area contributed by atoms with E-state index in [1.165, 1.54) is 0 Å². The van der Waals surface area contributed by atoms with Crippen molar-refractivity contribution < 1.29 is 14.3 Å². The number of ether oxygens (including phenoxy) is 1. The minimum atomic E-state index is -0.344. The first-order valence-corrected chi connectivity index (χ1v) is 9.88. The molecular weight excluding hydrogens is 328 g/mol. The third-order valence-electron chi connectivity index (χ3n) is 6.31. The number of carbonyl (C=O) groups excluding carboxylic acids is 2. The van der Waals surface area contributed by atoms with Crippen molar-refractivity contribution in [3.05, 3.63) is 35.9 Å². The van der Waals surface area contributed by atoms with Gasteiger partial charge < -0.3 is 14.5 Å². The molecule has 3 aliphatic heterocycles. The molecule has 1 aromatic rings. The van der Waals surface area contributed by atoms with Crippen molar-refractivity contribution in [1.82, 2.24) is 9.80 Å². The Morgan fingerprint density at radius 1 is 1.12 bits per heavy atom. The summed E-state index contributed by atoms with van der Waals surface area (Å²) in [5.41, 5.74) is 0.695. The van der Waals surface area contributed by atoms with Crippen molar-refractivity contribution in [2.24, 2.45) is 5.41 Å². The van der Waals surface area contributed by atoms with Crippen LogP contribution in [0.25, 0.3) is 0 Å². The predicted octanol–water partition coefficient (Wildman–Crippen LogP) is 2.25. The van der Waals surface area contributed by atoms with Gasteiger partial charge in [0, 0.05) is 38.9 Å². The maximum atomic E-state index is 13.3. The Labute approximate surface area is 155 Å². The lowest BCUT2D eigenvalue weighted by molar-refractivity contribution is -0.150. The number of nitrogens with zero attached hydrogens (tertiary/aromatic N) is 2. The van der Waals surface area contributed by atoms with Gasteiger partial charge in [0.15, 0.2) is 0 Å². The lowest BCUT2D eigenvalue weighted by Crippen LogP contribution is -2.55. The van der Waals surface area contributed by atoms with Crippen molar-refractivity contribution in [2.75, 3.05) is 32.8 Å². The summed E-state index contributed by atoms with van der Waals surface area (Å²) in [6.45, 7) is 3.67. The molecule has 140 valence electrons. The van der Waals surface area contributed by atoms with E-state index in [0.29, 0.717) is 25.6 Å². The van der Waals surface area contributed by atoms with Crippen LogP contribution in [0.4, 0.5) is 0 Å². The number of hydrogen-bond acceptors (Lipinski definition) is 3. The van der Waals surface area contributed by atoms with Gasteiger partial charge in [-0.3, -0.25) is 9.59 Å². The van der Waals surface area contributed by atoms with Crippen LogP contribution in [0.15, 0.2) is 30.3 Å². The van der Waals surface area contributed by atoms with Crippen molar-refractivity contribution in [1.29, 1.82) is 0 Å². The molecule has 3 heterocycles. The van der Waals surface area contributed by atoms with Crippen LogP contribution < -0.4 is 0 Å². The largest absolute Gasteiger partial charge is 0.381 e. The molecule has 3 fully saturated rings. The SMILES string of the molecule is O=C(Cc1ccccc1)N1CC[C@@]2(CCCN(C3CCOCC3)C2=O)C1. The average Bonchev–Trinajstić information content (AvgIpc) is 3.11. The molecule has 1 aromatic carbocycles. The van der Waals surface area contributed by atoms with Gasteiger partial charge in [0.05, 0.1) is 11.8 Å². The summed E-state index contributed by atoms with van der Waals surface area (Å²) in [5, 5.41) is 0. The Morgan fingerprint density at radius 3 is 2.65 bits per heavy atom. The van der Waals surface area contributed by atoms with Gasteiger partial charge in [0.1, 0.15) is 0 Å². The minimum absolute atomic E-state index is 0.143. The lowest BCUT2D eigenvalue weighted by atomic mass is 9.77. The molecule has 1 spiro atoms. The number of hydrogen-bond donors (Lipinski definition) is 0. The Hall–Kier alpha value is -1.88. The molecular formula is C21H28N2O3. The molecule has 1 atom stereocenters. The van der Waals surface area contributed by atoms with Crippen LogP contribution in [-0.4, -0.2) is 60.5 Å². The second kappa shape index (κ2) is 7.39. The minimum Gasteiger partial charge on any atom is -0.381 e. The highest BCUT2D eigenvalue weighted by Crippen LogP contribution is 2.41. The van der Waals surface area contributed by atoms with Gasteiger partial charge in [-0.1, -0.05) is 30.3 Å². The number of likely N-dealkylation sites (tertiary alicyclic amines) is 2. The standard InChI is InChI=1S/C21H28N2O3/c24-19(15-17-5-2-1-3-6-17)22-12-10-21(16-22)9-4-11-23(20(21)25)18-7-13-26-14-8-18/h1-3,5-6,18H,4,7-16H2/t21-/m0/s1. The van der Waals surface area contributed by atoms with Gasteiger partial charge in [0.2, 0.25) is 11.8 Å². The van der Waals surface area contributed by atoms with Crippen LogP contribution >= 0.6 is 0 Å². The smallest absolute Gasteiger partial charge is 0.230 e. The first-order chi connectivity index (χ1) is 12.7. The van der Waals surface area contributed by atoms with E-state index >= 15 is 0 Å². The lowest BCUT2D eigenvalue weighted by Gasteiger charge is -2.44. The van der Waals surface area contributed by atoms with E-state index in [4.69, 9.17) is 4.74 Å². The van der Waals surface area contributed by atoms with E-state index in [9.17, 15) is 9.59 Å². The highest BCUT2D eigenvalue weighted by Gasteiger charge is 2.50. The number of carbonyl (C=O) groups is 2. The summed E-state index contributed by atoms with van der Waals surface area (Å²) in [6, 6.07) is 10.2. The summed E-state index contributed by atoms with van der Waals surface area (Å²) >= 11 is 0. The summed E-state index contributed by atoms with van der Waals surface area (Å²) in [6.07, 6.45) is 5.09. The Bertz CT molecular complexity index is 656. The maximum absolute atomic E-state index is 13.3. The van der Waals surface area contributed by atoms with Crippen LogP contribution in [0, 0.1) is 5.41 Å². The molecule has 4 rings (SSSR count). The molecule has 0 N–H and O–H groups in total. The van der Waals surface area contributed by atoms with Crippen LogP contribution in [0.2, 0.25) is 0 Å². The van der Waals surface area contributed by atoms with E-state index in [1.54, 1.807) is 0 Å². The fraction of sp³-hybridized carbons (Fsp3) is 0.619. The van der Waals surface area contributed by atoms with Crippen LogP contribution in [0.3, 0.4) is 0 Å². The summed E-state index contributed by atoms with van der Waals surface area (Å²) in [7, 11) is 0. The highest BCUT2D eigenvalue weighted by molar-refractivity contribution is 5.86. The van der Waals surface area contributed by atoms with Crippen LogP contribution in [0.1, 0.15) is 37.7 Å². The van der Waals surface area contributed by atoms with Crippen molar-refractivity contribution in [3.8, 4) is 0 Å². The first-order valence-electron chi connectivity index (χ1n) is 9.88. The van der Waals surface area contributed by atoms with Gasteiger partial charge in [-0.05, 0) is 37.7 Å². The molecule has 5 heteroatoms. The molecule has 0 aliphatic carbocycles. The average molecular weight is 356 g/mol. The van der Waals surface area contributed by atoms with E-state index < -0.39 is 0 Å². The number of rotatable bonds is 3. The maximum Gasteiger partial charge on any atom is 0.230 e. The molecule has 5 nitrogen and oxygen atoms in total. The molecule has 3 aliphatic rings. The highest BCUT2D eigenvalue weighted by atomic mass is 16.5. The van der Waals surface area contributed by atoms with Gasteiger partial charge in [-0.2, -0.15) is 0 Å². The zero-order chi connectivity index (χ0) is 18.0. The van der Waals surface area contributed by atoms with Gasteiger partial charge >= 0.3 is 0 Å². The van der Waals surface area contributed by atoms with Gasteiger partial charge in [-0.25, -0.2) is 0 Å². The quantitative estimate of drug-likeness (QED) is 0.835. The fourth-order valence-electron chi connectivity index (χ4n) is 4.79. The van der Waals surface area contributed by atoms with E-state index in [0.717, 1.165) is 57.4 Å². The van der Waals surface area contributed by atoms with E-state index in [-0.39, 0.29) is 17.2 Å². The number of piperidine rings is 1. The van der Waals surface area contributed by atoms with Crippen LogP contribution in [0.5, 0.6) is 0 Å². The van der Waals surface area contributed by atoms with Gasteiger partial charge in [-0.15, -0.1) is 0 Å². The van der Waals surface area contributed by atoms with Crippen LogP contribution in [-0.2, 0) is 20.7 Å². The topological polar surface area (TPSA) is 49.9 Å². The summed E-state index contributed by atoms with van der Waals surface area (Å²) in [5.74, 6) is 0.426. The molecule has 2 amide bonds. The third-order valence-corrected chi connectivity index (χ3v) is 6.31. The number of benzene rings is 1. The molecule has 26 heavy (non-hydrogen) atoms. The van der Waals surface area contributed by atoms with Crippen molar-refractivity contribution >= 4 is 11.8 Å². The summed E-state index contributed by atoms with van der Waals surface area (Å²) in [4.78, 5) is 30.1. The Balaban J connectivity index is 1.42. The third kappa shape index (κ3) is 3.37. The Kier molecular flexibility index (Phi) is 4.98. The summed E-state index contributed by atoms with van der Waals surface area (Å²) < 4.78 is 5.46. The molecule has 3 saturated heterocycles.